The van der Waals surface area contributed by atoms with Crippen molar-refractivity contribution >= 4 is 28.1 Å². The molecule has 0 aliphatic carbocycles. The monoisotopic (exact) mass is 386 g/mol. The number of fused-ring (bicyclic) bond motifs is 1. The highest BCUT2D eigenvalue weighted by molar-refractivity contribution is 7.18. The van der Waals surface area contributed by atoms with E-state index in [9.17, 15) is 0 Å². The van der Waals surface area contributed by atoms with Crippen LogP contribution < -0.4 is 10.2 Å². The van der Waals surface area contributed by atoms with Crippen LogP contribution in [0.5, 0.6) is 0 Å². The number of hydrogen-bond donors (Lipinski definition) is 2. The lowest BCUT2D eigenvalue weighted by atomic mass is 9.95. The average Bonchev–Trinajstić information content (AvgIpc) is 3.41. The summed E-state index contributed by atoms with van der Waals surface area (Å²) >= 11 is 8.15. The Morgan fingerprint density at radius 3 is 2.92 bits per heavy atom. The van der Waals surface area contributed by atoms with Crippen molar-refractivity contribution < 1.29 is 0 Å². The van der Waals surface area contributed by atoms with Crippen molar-refractivity contribution in [2.75, 3.05) is 24.5 Å². The average molecular weight is 387 g/mol. The molecule has 2 saturated heterocycles. The quantitative estimate of drug-likeness (QED) is 0.722. The molecule has 2 N–H and O–H groups in total. The summed E-state index contributed by atoms with van der Waals surface area (Å²) in [6, 6.07) is 6.60. The molecule has 0 spiro atoms. The van der Waals surface area contributed by atoms with Crippen LogP contribution in [0.15, 0.2) is 30.6 Å². The van der Waals surface area contributed by atoms with Crippen LogP contribution in [-0.4, -0.2) is 46.1 Å². The van der Waals surface area contributed by atoms with Gasteiger partial charge in [-0.2, -0.15) is 5.10 Å². The number of rotatable bonds is 3. The minimum Gasteiger partial charge on any atom is -0.346 e. The topological polar surface area (TPSA) is 69.7 Å². The highest BCUT2D eigenvalue weighted by atomic mass is 35.5. The maximum Gasteiger partial charge on any atom is 0.208 e. The van der Waals surface area contributed by atoms with Crippen molar-refractivity contribution in [2.24, 2.45) is 11.8 Å². The van der Waals surface area contributed by atoms with Crippen molar-refractivity contribution in [1.29, 1.82) is 0 Å². The van der Waals surface area contributed by atoms with Crippen molar-refractivity contribution in [3.8, 4) is 21.7 Å². The van der Waals surface area contributed by atoms with Gasteiger partial charge in [0, 0.05) is 43.0 Å². The maximum atomic E-state index is 6.53. The second kappa shape index (κ2) is 6.33. The SMILES string of the molecule is CC1NC[C@@H]2CN(c3nnc(-c4ccc(-c5cn[nH]c5)cc4Cl)s3)C[C@H]12. The molecule has 5 rings (SSSR count). The van der Waals surface area contributed by atoms with Crippen LogP contribution in [0.1, 0.15) is 6.92 Å². The van der Waals surface area contributed by atoms with E-state index in [1.54, 1.807) is 17.5 Å². The van der Waals surface area contributed by atoms with E-state index >= 15 is 0 Å². The Morgan fingerprint density at radius 2 is 2.15 bits per heavy atom. The number of H-pyrrole nitrogens is 1. The van der Waals surface area contributed by atoms with E-state index in [1.165, 1.54) is 0 Å². The standard InChI is InChI=1S/C18H19ClN6S/c1-10-15-9-25(8-13(15)5-20-10)18-24-23-17(26-18)14-3-2-11(4-16(14)19)12-6-21-22-7-12/h2-4,6-7,10,13,15,20H,5,8-9H2,1H3,(H,21,22)/t10?,13-,15-/m1/s1. The van der Waals surface area contributed by atoms with Gasteiger partial charge >= 0.3 is 0 Å². The van der Waals surface area contributed by atoms with E-state index in [0.717, 1.165) is 52.4 Å². The largest absolute Gasteiger partial charge is 0.346 e. The molecule has 0 saturated carbocycles. The van der Waals surface area contributed by atoms with E-state index in [2.05, 4.69) is 37.5 Å². The molecule has 2 aliphatic rings. The Bertz CT molecular complexity index is 924. The zero-order chi connectivity index (χ0) is 17.7. The number of halogens is 1. The van der Waals surface area contributed by atoms with Crippen LogP contribution in [0.4, 0.5) is 5.13 Å². The predicted octanol–water partition coefficient (Wildman–Crippen LogP) is 3.29. The van der Waals surface area contributed by atoms with Gasteiger partial charge < -0.3 is 10.2 Å². The van der Waals surface area contributed by atoms with E-state index in [4.69, 9.17) is 11.6 Å². The van der Waals surface area contributed by atoms with Gasteiger partial charge in [0.05, 0.1) is 11.2 Å². The normalized spacial score (nSPS) is 25.0. The number of aromatic amines is 1. The first-order valence-corrected chi connectivity index (χ1v) is 9.99. The summed E-state index contributed by atoms with van der Waals surface area (Å²) in [5, 5.41) is 21.8. The molecule has 0 bridgehead atoms. The Balaban J connectivity index is 1.39. The molecular weight excluding hydrogens is 368 g/mol. The molecule has 2 aromatic heterocycles. The lowest BCUT2D eigenvalue weighted by molar-refractivity contribution is 0.464. The molecule has 2 fully saturated rings. The van der Waals surface area contributed by atoms with Gasteiger partial charge in [-0.3, -0.25) is 5.10 Å². The molecule has 4 heterocycles. The minimum atomic E-state index is 0.585. The number of nitrogens with one attached hydrogen (secondary N) is 2. The molecule has 2 aliphatic heterocycles. The van der Waals surface area contributed by atoms with Gasteiger partial charge in [0.2, 0.25) is 5.13 Å². The molecule has 3 aromatic rings. The zero-order valence-electron chi connectivity index (χ0n) is 14.3. The van der Waals surface area contributed by atoms with Crippen LogP contribution in [0, 0.1) is 11.8 Å². The third-order valence-corrected chi connectivity index (χ3v) is 6.88. The third kappa shape index (κ3) is 2.71. The van der Waals surface area contributed by atoms with Crippen LogP contribution in [-0.2, 0) is 0 Å². The number of hydrogen-bond acceptors (Lipinski definition) is 6. The first-order valence-electron chi connectivity index (χ1n) is 8.80. The van der Waals surface area contributed by atoms with Crippen LogP contribution >= 0.6 is 22.9 Å². The van der Waals surface area contributed by atoms with Crippen molar-refractivity contribution in [1.82, 2.24) is 25.7 Å². The highest BCUT2D eigenvalue weighted by Gasteiger charge is 2.41. The van der Waals surface area contributed by atoms with E-state index in [0.29, 0.717) is 17.0 Å². The van der Waals surface area contributed by atoms with Crippen molar-refractivity contribution in [3.63, 3.8) is 0 Å². The van der Waals surface area contributed by atoms with Crippen LogP contribution in [0.3, 0.4) is 0 Å². The van der Waals surface area contributed by atoms with Crippen LogP contribution in [0.2, 0.25) is 5.02 Å². The molecule has 0 radical (unpaired) electrons. The molecule has 1 unspecified atom stereocenters. The number of nitrogens with zero attached hydrogens (tertiary/aromatic N) is 4. The first kappa shape index (κ1) is 16.2. The van der Waals surface area contributed by atoms with Gasteiger partial charge in [0.25, 0.3) is 0 Å². The lowest BCUT2D eigenvalue weighted by Crippen LogP contribution is -2.30. The molecule has 26 heavy (non-hydrogen) atoms. The van der Waals surface area contributed by atoms with Gasteiger partial charge in [-0.1, -0.05) is 29.0 Å². The second-order valence-corrected chi connectivity index (χ2v) is 8.46. The van der Waals surface area contributed by atoms with Gasteiger partial charge in [-0.05, 0) is 36.5 Å². The number of aromatic nitrogens is 4. The summed E-state index contributed by atoms with van der Waals surface area (Å²) in [7, 11) is 0. The van der Waals surface area contributed by atoms with E-state index in [-0.39, 0.29) is 0 Å². The summed E-state index contributed by atoms with van der Waals surface area (Å²) < 4.78 is 0. The third-order valence-electron chi connectivity index (χ3n) is 5.55. The summed E-state index contributed by atoms with van der Waals surface area (Å²) in [6.45, 7) is 5.50. The fraction of sp³-hybridized carbons (Fsp3) is 0.389. The Morgan fingerprint density at radius 1 is 1.23 bits per heavy atom. The summed E-state index contributed by atoms with van der Waals surface area (Å²) in [4.78, 5) is 2.38. The van der Waals surface area contributed by atoms with Gasteiger partial charge in [0.1, 0.15) is 0 Å². The first-order chi connectivity index (χ1) is 12.7. The van der Waals surface area contributed by atoms with E-state index in [1.807, 2.05) is 24.4 Å². The molecule has 1 aromatic carbocycles. The summed E-state index contributed by atoms with van der Waals surface area (Å²) in [6.07, 6.45) is 3.64. The maximum absolute atomic E-state index is 6.53. The predicted molar refractivity (Wildman–Crippen MR) is 105 cm³/mol. The Kier molecular flexibility index (Phi) is 3.95. The fourth-order valence-corrected chi connectivity index (χ4v) is 5.28. The molecule has 6 nitrogen and oxygen atoms in total. The Hall–Kier alpha value is -1.96. The van der Waals surface area contributed by atoms with Gasteiger partial charge in [-0.15, -0.1) is 10.2 Å². The molecule has 0 amide bonds. The number of benzene rings is 1. The molecule has 3 atom stereocenters. The number of anilines is 1. The Labute approximate surface area is 160 Å². The summed E-state index contributed by atoms with van der Waals surface area (Å²) in [5.41, 5.74) is 2.98. The van der Waals surface area contributed by atoms with Crippen molar-refractivity contribution in [3.05, 3.63) is 35.6 Å². The lowest BCUT2D eigenvalue weighted by Gasteiger charge is -2.17. The minimum absolute atomic E-state index is 0.585. The smallest absolute Gasteiger partial charge is 0.208 e. The zero-order valence-corrected chi connectivity index (χ0v) is 15.9. The molecule has 134 valence electrons. The van der Waals surface area contributed by atoms with E-state index < -0.39 is 0 Å². The van der Waals surface area contributed by atoms with Crippen LogP contribution in [0.25, 0.3) is 21.7 Å². The molecular formula is C18H19ClN6S. The van der Waals surface area contributed by atoms with Gasteiger partial charge in [-0.25, -0.2) is 0 Å². The fourth-order valence-electron chi connectivity index (χ4n) is 4.05. The molecule has 8 heteroatoms. The second-order valence-electron chi connectivity index (χ2n) is 7.10. The van der Waals surface area contributed by atoms with Gasteiger partial charge in [0.15, 0.2) is 5.01 Å². The summed E-state index contributed by atoms with van der Waals surface area (Å²) in [5.74, 6) is 1.43. The van der Waals surface area contributed by atoms with Crippen molar-refractivity contribution in [2.45, 2.75) is 13.0 Å². The highest BCUT2D eigenvalue weighted by Crippen LogP contribution is 2.39.